The minimum atomic E-state index is -3.94. The minimum Gasteiger partial charge on any atom is -0.478 e. The molecule has 0 aliphatic carbocycles. The number of nitrogens with two attached hydrogens (primary N) is 1. The number of aromatic carboxylic acids is 1. The Hall–Kier alpha value is -2.04. The minimum absolute atomic E-state index is 0.136. The van der Waals surface area contributed by atoms with E-state index in [1.54, 1.807) is 6.92 Å². The lowest BCUT2D eigenvalue weighted by Crippen LogP contribution is -2.18. The normalized spacial score (nSPS) is 12.5. The highest BCUT2D eigenvalue weighted by Crippen LogP contribution is 2.21. The molecule has 19 heavy (non-hydrogen) atoms. The molecule has 6 nitrogen and oxygen atoms in total. The lowest BCUT2D eigenvalue weighted by molar-refractivity contribution is 0.0697. The standard InChI is InChI=1S/C12H14N2O4S/c1-3-4-8(2)14-11-6-5-9(19(13,17)18)7-10(11)12(15)16/h1,5-8,14H,4H2,2H3,(H,15,16)(H2,13,17,18). The monoisotopic (exact) mass is 282 g/mol. The molecule has 0 aliphatic rings. The molecule has 1 aromatic rings. The van der Waals surface area contributed by atoms with Crippen molar-refractivity contribution in [2.24, 2.45) is 5.14 Å². The summed E-state index contributed by atoms with van der Waals surface area (Å²) in [6.07, 6.45) is 5.57. The number of carboxylic acid groups (broad SMARTS) is 1. The smallest absolute Gasteiger partial charge is 0.337 e. The maximum atomic E-state index is 11.2. The molecular formula is C12H14N2O4S. The van der Waals surface area contributed by atoms with E-state index in [1.807, 2.05) is 0 Å². The van der Waals surface area contributed by atoms with Crippen LogP contribution in [0, 0.1) is 12.3 Å². The quantitative estimate of drug-likeness (QED) is 0.694. The van der Waals surface area contributed by atoms with Crippen molar-refractivity contribution < 1.29 is 18.3 Å². The first-order valence-corrected chi connectivity index (χ1v) is 6.90. The molecule has 0 amide bonds. The molecule has 0 heterocycles. The van der Waals surface area contributed by atoms with Gasteiger partial charge in [0.15, 0.2) is 0 Å². The van der Waals surface area contributed by atoms with E-state index in [0.29, 0.717) is 12.1 Å². The van der Waals surface area contributed by atoms with Gasteiger partial charge in [0.05, 0.1) is 10.5 Å². The lowest BCUT2D eigenvalue weighted by Gasteiger charge is -2.15. The number of benzene rings is 1. The third-order valence-electron chi connectivity index (χ3n) is 2.38. The molecule has 0 saturated carbocycles. The molecule has 4 N–H and O–H groups in total. The van der Waals surface area contributed by atoms with Crippen LogP contribution in [0.15, 0.2) is 23.1 Å². The van der Waals surface area contributed by atoms with Gasteiger partial charge in [0.2, 0.25) is 10.0 Å². The third-order valence-corrected chi connectivity index (χ3v) is 3.29. The molecule has 0 radical (unpaired) electrons. The second kappa shape index (κ2) is 5.73. The van der Waals surface area contributed by atoms with Crippen LogP contribution in [0.5, 0.6) is 0 Å². The van der Waals surface area contributed by atoms with Crippen molar-refractivity contribution in [2.45, 2.75) is 24.3 Å². The summed E-state index contributed by atoms with van der Waals surface area (Å²) in [6, 6.07) is 3.48. The van der Waals surface area contributed by atoms with Gasteiger partial charge >= 0.3 is 5.97 Å². The van der Waals surface area contributed by atoms with E-state index in [1.165, 1.54) is 12.1 Å². The van der Waals surface area contributed by atoms with Gasteiger partial charge in [-0.15, -0.1) is 12.3 Å². The van der Waals surface area contributed by atoms with E-state index in [9.17, 15) is 13.2 Å². The molecule has 102 valence electrons. The van der Waals surface area contributed by atoms with Gasteiger partial charge < -0.3 is 10.4 Å². The van der Waals surface area contributed by atoms with Gasteiger partial charge in [-0.3, -0.25) is 0 Å². The summed E-state index contributed by atoms with van der Waals surface area (Å²) in [5, 5.41) is 17.0. The Kier molecular flexibility index (Phi) is 4.53. The van der Waals surface area contributed by atoms with E-state index < -0.39 is 16.0 Å². The molecule has 0 spiro atoms. The fourth-order valence-electron chi connectivity index (χ4n) is 1.50. The first-order valence-electron chi connectivity index (χ1n) is 5.36. The fraction of sp³-hybridized carbons (Fsp3) is 0.250. The van der Waals surface area contributed by atoms with E-state index in [-0.39, 0.29) is 16.5 Å². The number of sulfonamides is 1. The highest BCUT2D eigenvalue weighted by atomic mass is 32.2. The highest BCUT2D eigenvalue weighted by Gasteiger charge is 2.16. The van der Waals surface area contributed by atoms with Gasteiger partial charge in [0.25, 0.3) is 0 Å². The lowest BCUT2D eigenvalue weighted by atomic mass is 10.1. The highest BCUT2D eigenvalue weighted by molar-refractivity contribution is 7.89. The van der Waals surface area contributed by atoms with Gasteiger partial charge in [0, 0.05) is 18.2 Å². The van der Waals surface area contributed by atoms with Gasteiger partial charge in [-0.05, 0) is 25.1 Å². The molecule has 1 atom stereocenters. The molecular weight excluding hydrogens is 268 g/mol. The zero-order valence-electron chi connectivity index (χ0n) is 10.3. The summed E-state index contributed by atoms with van der Waals surface area (Å²) in [7, 11) is -3.94. The first-order chi connectivity index (χ1) is 8.75. The second-order valence-corrected chi connectivity index (χ2v) is 5.57. The average molecular weight is 282 g/mol. The van der Waals surface area contributed by atoms with Crippen molar-refractivity contribution in [3.05, 3.63) is 23.8 Å². The van der Waals surface area contributed by atoms with Crippen LogP contribution >= 0.6 is 0 Å². The summed E-state index contributed by atoms with van der Waals surface area (Å²) in [5.74, 6) is 1.20. The predicted molar refractivity (Wildman–Crippen MR) is 71.3 cm³/mol. The number of hydrogen-bond acceptors (Lipinski definition) is 4. The molecule has 0 fully saturated rings. The molecule has 7 heteroatoms. The maximum absolute atomic E-state index is 11.2. The largest absolute Gasteiger partial charge is 0.478 e. The zero-order valence-corrected chi connectivity index (χ0v) is 11.1. The number of nitrogens with one attached hydrogen (secondary N) is 1. The first kappa shape index (κ1) is 15.0. The number of terminal acetylenes is 1. The van der Waals surface area contributed by atoms with Crippen LogP contribution in [0.1, 0.15) is 23.7 Å². The summed E-state index contributed by atoms with van der Waals surface area (Å²) < 4.78 is 22.4. The summed E-state index contributed by atoms with van der Waals surface area (Å²) >= 11 is 0. The summed E-state index contributed by atoms with van der Waals surface area (Å²) in [6.45, 7) is 1.79. The van der Waals surface area contributed by atoms with Crippen molar-refractivity contribution in [2.75, 3.05) is 5.32 Å². The van der Waals surface area contributed by atoms with Gasteiger partial charge in [-0.2, -0.15) is 0 Å². The molecule has 1 aromatic carbocycles. The Morgan fingerprint density at radius 2 is 2.21 bits per heavy atom. The molecule has 0 aliphatic heterocycles. The number of anilines is 1. The molecule has 0 aromatic heterocycles. The van der Waals surface area contributed by atoms with Crippen molar-refractivity contribution >= 4 is 21.7 Å². The molecule has 0 saturated heterocycles. The zero-order chi connectivity index (χ0) is 14.6. The fourth-order valence-corrected chi connectivity index (χ4v) is 2.04. The number of carbonyl (C=O) groups is 1. The van der Waals surface area contributed by atoms with E-state index in [0.717, 1.165) is 6.07 Å². The molecule has 1 unspecified atom stereocenters. The number of hydrogen-bond donors (Lipinski definition) is 3. The maximum Gasteiger partial charge on any atom is 0.337 e. The Morgan fingerprint density at radius 1 is 1.58 bits per heavy atom. The SMILES string of the molecule is C#CCC(C)Nc1ccc(S(N)(=O)=O)cc1C(=O)O. The average Bonchev–Trinajstić information content (AvgIpc) is 2.27. The molecule has 1 rings (SSSR count). The van der Waals surface area contributed by atoms with Crippen molar-refractivity contribution in [1.29, 1.82) is 0 Å². The Bertz CT molecular complexity index is 632. The second-order valence-electron chi connectivity index (χ2n) is 4.01. The van der Waals surface area contributed by atoms with Crippen LogP contribution in [-0.4, -0.2) is 25.5 Å². The van der Waals surface area contributed by atoms with Crippen molar-refractivity contribution in [3.63, 3.8) is 0 Å². The number of carboxylic acids is 1. The van der Waals surface area contributed by atoms with E-state index >= 15 is 0 Å². The van der Waals surface area contributed by atoms with Gasteiger partial charge in [-0.1, -0.05) is 0 Å². The van der Waals surface area contributed by atoms with E-state index in [4.69, 9.17) is 16.7 Å². The van der Waals surface area contributed by atoms with Crippen LogP contribution in [0.2, 0.25) is 0 Å². The van der Waals surface area contributed by atoms with E-state index in [2.05, 4.69) is 11.2 Å². The number of primary sulfonamides is 1. The van der Waals surface area contributed by atoms with Gasteiger partial charge in [0.1, 0.15) is 0 Å². The summed E-state index contributed by atoms with van der Waals surface area (Å²) in [5.41, 5.74) is 0.123. The Labute approximate surface area is 111 Å². The van der Waals surface area contributed by atoms with Crippen LogP contribution < -0.4 is 10.5 Å². The van der Waals surface area contributed by atoms with Crippen molar-refractivity contribution in [3.8, 4) is 12.3 Å². The molecule has 0 bridgehead atoms. The Balaban J connectivity index is 3.20. The van der Waals surface area contributed by atoms with Crippen LogP contribution in [0.25, 0.3) is 0 Å². The van der Waals surface area contributed by atoms with Crippen LogP contribution in [0.3, 0.4) is 0 Å². The topological polar surface area (TPSA) is 109 Å². The third kappa shape index (κ3) is 3.98. The predicted octanol–water partition coefficient (Wildman–Crippen LogP) is 0.856. The van der Waals surface area contributed by atoms with Gasteiger partial charge in [-0.25, -0.2) is 18.4 Å². The van der Waals surface area contributed by atoms with Crippen LogP contribution in [-0.2, 0) is 10.0 Å². The Morgan fingerprint density at radius 3 is 2.68 bits per heavy atom. The van der Waals surface area contributed by atoms with Crippen molar-refractivity contribution in [1.82, 2.24) is 0 Å². The number of rotatable bonds is 5. The van der Waals surface area contributed by atoms with Crippen LogP contribution in [0.4, 0.5) is 5.69 Å². The summed E-state index contributed by atoms with van der Waals surface area (Å²) in [4.78, 5) is 10.9.